The first-order valence-electron chi connectivity index (χ1n) is 11.2. The van der Waals surface area contributed by atoms with E-state index in [1.54, 1.807) is 0 Å². The van der Waals surface area contributed by atoms with Crippen LogP contribution in [0.2, 0.25) is 0 Å². The lowest BCUT2D eigenvalue weighted by Gasteiger charge is -2.39. The highest BCUT2D eigenvalue weighted by atomic mass is 79.9. The minimum Gasteiger partial charge on any atom is -0.385 e. The summed E-state index contributed by atoms with van der Waals surface area (Å²) in [7, 11) is 0. The van der Waals surface area contributed by atoms with E-state index in [0.717, 1.165) is 28.8 Å². The van der Waals surface area contributed by atoms with Crippen LogP contribution in [0.3, 0.4) is 0 Å². The Morgan fingerprint density at radius 1 is 0.879 bits per heavy atom. The van der Waals surface area contributed by atoms with Crippen LogP contribution in [-0.2, 0) is 9.63 Å². The molecule has 4 rings (SSSR count). The van der Waals surface area contributed by atoms with Crippen LogP contribution in [0.4, 0.5) is 0 Å². The van der Waals surface area contributed by atoms with Crippen molar-refractivity contribution >= 4 is 27.5 Å². The maximum Gasteiger partial charge on any atom is 0.263 e. The number of carbonyl (C=O) groups is 1. The van der Waals surface area contributed by atoms with Gasteiger partial charge in [0.1, 0.15) is 0 Å². The Kier molecular flexibility index (Phi) is 7.92. The highest BCUT2D eigenvalue weighted by Crippen LogP contribution is 2.29. The third-order valence-electron chi connectivity index (χ3n) is 5.91. The lowest BCUT2D eigenvalue weighted by atomic mass is 9.96. The molecule has 1 heterocycles. The number of nitrogens with zero attached hydrogens (tertiary/aromatic N) is 3. The quantitative estimate of drug-likeness (QED) is 0.330. The molecule has 3 aromatic rings. The van der Waals surface area contributed by atoms with Crippen LogP contribution < -0.4 is 0 Å². The molecule has 0 bridgehead atoms. The molecule has 0 radical (unpaired) electrons. The second-order valence-corrected chi connectivity index (χ2v) is 9.01. The van der Waals surface area contributed by atoms with Crippen LogP contribution >= 0.6 is 15.9 Å². The summed E-state index contributed by atoms with van der Waals surface area (Å²) < 4.78 is 1.01. The Morgan fingerprint density at radius 2 is 1.42 bits per heavy atom. The standard InChI is InChI=1S/C27H28BrN3O2/c1-21(22-12-14-25(28)15-13-22)29-33-20-26(32)30-16-18-31(19-17-30)27(23-8-4-2-5-9-23)24-10-6-3-7-11-24/h2-15,27H,16-20H2,1H3/b29-21-. The normalized spacial score (nSPS) is 15.0. The van der Waals surface area contributed by atoms with Gasteiger partial charge in [-0.05, 0) is 35.7 Å². The van der Waals surface area contributed by atoms with Crippen molar-refractivity contribution in [1.29, 1.82) is 0 Å². The molecule has 1 amide bonds. The molecule has 0 N–H and O–H groups in total. The summed E-state index contributed by atoms with van der Waals surface area (Å²) in [6, 6.07) is 29.1. The number of hydrogen-bond acceptors (Lipinski definition) is 4. The number of hydrogen-bond donors (Lipinski definition) is 0. The highest BCUT2D eigenvalue weighted by molar-refractivity contribution is 9.10. The molecule has 0 aliphatic carbocycles. The molecule has 1 saturated heterocycles. The lowest BCUT2D eigenvalue weighted by molar-refractivity contribution is -0.138. The molecule has 3 aromatic carbocycles. The molecule has 0 saturated carbocycles. The Hall–Kier alpha value is -2.96. The van der Waals surface area contributed by atoms with E-state index >= 15 is 0 Å². The third kappa shape index (κ3) is 6.09. The molecule has 6 heteroatoms. The van der Waals surface area contributed by atoms with Crippen LogP contribution in [0.15, 0.2) is 94.6 Å². The van der Waals surface area contributed by atoms with E-state index in [0.29, 0.717) is 13.1 Å². The van der Waals surface area contributed by atoms with Gasteiger partial charge in [0, 0.05) is 30.7 Å². The number of carbonyl (C=O) groups excluding carboxylic acids is 1. The number of benzene rings is 3. The zero-order valence-corrected chi connectivity index (χ0v) is 20.3. The van der Waals surface area contributed by atoms with Crippen LogP contribution in [0.5, 0.6) is 0 Å². The summed E-state index contributed by atoms with van der Waals surface area (Å²) in [4.78, 5) is 22.4. The van der Waals surface area contributed by atoms with Gasteiger partial charge in [0.2, 0.25) is 0 Å². The fourth-order valence-electron chi connectivity index (χ4n) is 4.13. The predicted molar refractivity (Wildman–Crippen MR) is 135 cm³/mol. The number of amides is 1. The van der Waals surface area contributed by atoms with Crippen LogP contribution in [0.1, 0.15) is 29.7 Å². The molecule has 1 fully saturated rings. The number of piperazine rings is 1. The van der Waals surface area contributed by atoms with Gasteiger partial charge >= 0.3 is 0 Å². The van der Waals surface area contributed by atoms with Gasteiger partial charge in [-0.1, -0.05) is 93.9 Å². The van der Waals surface area contributed by atoms with E-state index in [-0.39, 0.29) is 18.6 Å². The van der Waals surface area contributed by atoms with Crippen molar-refractivity contribution in [3.05, 3.63) is 106 Å². The number of rotatable bonds is 7. The van der Waals surface area contributed by atoms with Gasteiger partial charge < -0.3 is 9.74 Å². The van der Waals surface area contributed by atoms with Gasteiger partial charge in [-0.25, -0.2) is 0 Å². The molecule has 0 aromatic heterocycles. The van der Waals surface area contributed by atoms with Gasteiger partial charge in [0.05, 0.1) is 11.8 Å². The smallest absolute Gasteiger partial charge is 0.263 e. The van der Waals surface area contributed by atoms with Gasteiger partial charge in [-0.2, -0.15) is 0 Å². The summed E-state index contributed by atoms with van der Waals surface area (Å²) in [6.07, 6.45) is 0. The van der Waals surface area contributed by atoms with Crippen LogP contribution in [0.25, 0.3) is 0 Å². The van der Waals surface area contributed by atoms with Crippen molar-refractivity contribution in [3.63, 3.8) is 0 Å². The predicted octanol–water partition coefficient (Wildman–Crippen LogP) is 5.12. The minimum absolute atomic E-state index is 0.0296. The molecule has 1 aliphatic heterocycles. The molecule has 0 spiro atoms. The van der Waals surface area contributed by atoms with E-state index in [2.05, 4.69) is 74.5 Å². The largest absolute Gasteiger partial charge is 0.385 e. The lowest BCUT2D eigenvalue weighted by Crippen LogP contribution is -2.50. The first-order chi connectivity index (χ1) is 16.1. The maximum absolute atomic E-state index is 12.7. The Morgan fingerprint density at radius 3 is 1.97 bits per heavy atom. The average Bonchev–Trinajstić information content (AvgIpc) is 2.86. The molecular weight excluding hydrogens is 478 g/mol. The topological polar surface area (TPSA) is 45.1 Å². The van der Waals surface area contributed by atoms with E-state index < -0.39 is 0 Å². The average molecular weight is 506 g/mol. The van der Waals surface area contributed by atoms with E-state index in [9.17, 15) is 4.79 Å². The summed E-state index contributed by atoms with van der Waals surface area (Å²) in [5.74, 6) is -0.0296. The third-order valence-corrected chi connectivity index (χ3v) is 6.44. The fourth-order valence-corrected chi connectivity index (χ4v) is 4.40. The van der Waals surface area contributed by atoms with E-state index in [4.69, 9.17) is 4.84 Å². The van der Waals surface area contributed by atoms with Gasteiger partial charge in [0.25, 0.3) is 5.91 Å². The summed E-state index contributed by atoms with van der Waals surface area (Å²) in [5.41, 5.74) is 4.25. The minimum atomic E-state index is -0.0470. The Bertz CT molecular complexity index is 1020. The number of oxime groups is 1. The second kappa shape index (κ2) is 11.3. The van der Waals surface area contributed by atoms with Gasteiger partial charge in [-0.3, -0.25) is 9.69 Å². The molecule has 0 unspecified atom stereocenters. The van der Waals surface area contributed by atoms with Crippen molar-refractivity contribution in [2.45, 2.75) is 13.0 Å². The molecular formula is C27H28BrN3O2. The SMILES string of the molecule is C/C(=N/OCC(=O)N1CCN(C(c2ccccc2)c2ccccc2)CC1)c1ccc(Br)cc1. The van der Waals surface area contributed by atoms with Crippen molar-refractivity contribution in [3.8, 4) is 0 Å². The first kappa shape index (κ1) is 23.2. The van der Waals surface area contributed by atoms with Crippen molar-refractivity contribution in [2.75, 3.05) is 32.8 Å². The van der Waals surface area contributed by atoms with Gasteiger partial charge in [0.15, 0.2) is 6.61 Å². The van der Waals surface area contributed by atoms with Gasteiger partial charge in [-0.15, -0.1) is 0 Å². The van der Waals surface area contributed by atoms with Crippen molar-refractivity contribution in [2.24, 2.45) is 5.16 Å². The van der Waals surface area contributed by atoms with E-state index in [1.807, 2.05) is 48.2 Å². The summed E-state index contributed by atoms with van der Waals surface area (Å²) in [5, 5.41) is 4.12. The summed E-state index contributed by atoms with van der Waals surface area (Å²) in [6.45, 7) is 4.79. The van der Waals surface area contributed by atoms with E-state index in [1.165, 1.54) is 11.1 Å². The summed E-state index contributed by atoms with van der Waals surface area (Å²) >= 11 is 3.43. The zero-order valence-electron chi connectivity index (χ0n) is 18.7. The Balaban J connectivity index is 1.34. The number of halogens is 1. The molecule has 170 valence electrons. The van der Waals surface area contributed by atoms with Crippen molar-refractivity contribution in [1.82, 2.24) is 9.80 Å². The molecule has 5 nitrogen and oxygen atoms in total. The first-order valence-corrected chi connectivity index (χ1v) is 12.0. The molecule has 1 aliphatic rings. The molecule has 33 heavy (non-hydrogen) atoms. The van der Waals surface area contributed by atoms with Crippen molar-refractivity contribution < 1.29 is 9.63 Å². The fraction of sp³-hybridized carbons (Fsp3) is 0.259. The van der Waals surface area contributed by atoms with Crippen LogP contribution in [0, 0.1) is 0 Å². The zero-order chi connectivity index (χ0) is 23.0. The highest BCUT2D eigenvalue weighted by Gasteiger charge is 2.28. The molecule has 0 atom stereocenters. The monoisotopic (exact) mass is 505 g/mol. The Labute approximate surface area is 203 Å². The second-order valence-electron chi connectivity index (χ2n) is 8.10. The van der Waals surface area contributed by atoms with Crippen LogP contribution in [-0.4, -0.2) is 54.2 Å². The maximum atomic E-state index is 12.7.